The molecule has 136 valence electrons. The number of anilines is 1. The van der Waals surface area contributed by atoms with Gasteiger partial charge in [-0.15, -0.1) is 0 Å². The van der Waals surface area contributed by atoms with Gasteiger partial charge in [0, 0.05) is 15.4 Å². The van der Waals surface area contributed by atoms with Gasteiger partial charge in [0.15, 0.2) is 0 Å². The van der Waals surface area contributed by atoms with E-state index in [-0.39, 0.29) is 5.56 Å². The zero-order valence-electron chi connectivity index (χ0n) is 13.8. The molecule has 3 aromatic rings. The third-order valence-corrected chi connectivity index (χ3v) is 4.88. The fraction of sp³-hybridized carbons (Fsp3) is 0. The van der Waals surface area contributed by atoms with Crippen LogP contribution in [0.25, 0.3) is 11.1 Å². The third kappa shape index (κ3) is 3.56. The molecule has 0 saturated carbocycles. The number of nitrogens with two attached hydrogens (primary N) is 1. The first-order valence-electron chi connectivity index (χ1n) is 7.74. The molecule has 27 heavy (non-hydrogen) atoms. The van der Waals surface area contributed by atoms with E-state index in [9.17, 15) is 24.6 Å². The number of carboxylic acid groups (broad SMARTS) is 2. The minimum atomic E-state index is -1.53. The highest BCUT2D eigenvalue weighted by atomic mass is 32.2. The molecule has 0 aliphatic heterocycles. The van der Waals surface area contributed by atoms with Crippen LogP contribution in [0, 0.1) is 0 Å². The average Bonchev–Trinajstić information content (AvgIpc) is 2.61. The second-order valence-corrected chi connectivity index (χ2v) is 6.63. The minimum absolute atomic E-state index is 0.213. The number of aromatic amines is 1. The van der Waals surface area contributed by atoms with Crippen LogP contribution in [0.5, 0.6) is 0 Å². The first kappa shape index (κ1) is 18.3. The summed E-state index contributed by atoms with van der Waals surface area (Å²) >= 11 is 1.32. The molecule has 1 aromatic heterocycles. The van der Waals surface area contributed by atoms with E-state index in [1.807, 2.05) is 30.3 Å². The average molecular weight is 382 g/mol. The summed E-state index contributed by atoms with van der Waals surface area (Å²) in [4.78, 5) is 39.3. The maximum atomic E-state index is 12.2. The normalized spacial score (nSPS) is 10.5. The number of pyridine rings is 1. The summed E-state index contributed by atoms with van der Waals surface area (Å²) in [5.41, 5.74) is 3.71. The highest BCUT2D eigenvalue weighted by Crippen LogP contribution is 2.39. The van der Waals surface area contributed by atoms with Gasteiger partial charge in [-0.1, -0.05) is 48.2 Å². The lowest BCUT2D eigenvalue weighted by Gasteiger charge is -2.15. The van der Waals surface area contributed by atoms with Crippen molar-refractivity contribution >= 4 is 29.5 Å². The minimum Gasteiger partial charge on any atom is -0.478 e. The number of rotatable bonds is 5. The number of aromatic nitrogens is 1. The van der Waals surface area contributed by atoms with E-state index in [0.29, 0.717) is 10.5 Å². The predicted molar refractivity (Wildman–Crippen MR) is 101 cm³/mol. The maximum absolute atomic E-state index is 12.2. The number of H-pyrrole nitrogens is 1. The summed E-state index contributed by atoms with van der Waals surface area (Å²) in [6.45, 7) is 0. The highest BCUT2D eigenvalue weighted by molar-refractivity contribution is 7.99. The van der Waals surface area contributed by atoms with Crippen LogP contribution in [0.2, 0.25) is 0 Å². The smallest absolute Gasteiger partial charge is 0.342 e. The van der Waals surface area contributed by atoms with E-state index < -0.39 is 34.4 Å². The van der Waals surface area contributed by atoms with Crippen LogP contribution in [0.15, 0.2) is 69.2 Å². The van der Waals surface area contributed by atoms with Crippen LogP contribution in [0.1, 0.15) is 20.7 Å². The molecule has 1 heterocycles. The Morgan fingerprint density at radius 3 is 2.11 bits per heavy atom. The number of hydrogen-bond donors (Lipinski definition) is 4. The Bertz CT molecular complexity index is 1090. The maximum Gasteiger partial charge on any atom is 0.342 e. The van der Waals surface area contributed by atoms with Crippen LogP contribution >= 0.6 is 11.8 Å². The molecular weight excluding hydrogens is 368 g/mol. The van der Waals surface area contributed by atoms with E-state index in [4.69, 9.17) is 5.73 Å². The Morgan fingerprint density at radius 1 is 0.889 bits per heavy atom. The lowest BCUT2D eigenvalue weighted by molar-refractivity contribution is 0.0695. The fourth-order valence-electron chi connectivity index (χ4n) is 2.69. The summed E-state index contributed by atoms with van der Waals surface area (Å²) in [7, 11) is 0. The second kappa shape index (κ2) is 7.38. The summed E-state index contributed by atoms with van der Waals surface area (Å²) in [6, 6.07) is 16.0. The van der Waals surface area contributed by atoms with Crippen molar-refractivity contribution in [2.45, 2.75) is 9.79 Å². The molecule has 5 N–H and O–H groups in total. The highest BCUT2D eigenvalue weighted by Gasteiger charge is 2.27. The van der Waals surface area contributed by atoms with Crippen molar-refractivity contribution in [1.82, 2.24) is 4.98 Å². The van der Waals surface area contributed by atoms with E-state index >= 15 is 0 Å². The van der Waals surface area contributed by atoms with Gasteiger partial charge in [0.05, 0.1) is 0 Å². The Balaban J connectivity index is 2.33. The van der Waals surface area contributed by atoms with Crippen molar-refractivity contribution in [2.75, 3.05) is 5.73 Å². The van der Waals surface area contributed by atoms with Crippen molar-refractivity contribution in [1.29, 1.82) is 0 Å². The standard InChI is InChI=1S/C19H14N2O5S/c20-16-14(18(23)24)13(15(19(25)26)17(22)21-16)11-8-4-5-9-12(11)27-10-6-2-1-3-7-10/h1-9H,(H,23,24)(H,25,26)(H3,20,21,22). The van der Waals surface area contributed by atoms with Gasteiger partial charge in [0.25, 0.3) is 5.56 Å². The molecule has 0 radical (unpaired) electrons. The number of carboxylic acids is 2. The number of nitrogen functional groups attached to an aromatic ring is 1. The van der Waals surface area contributed by atoms with E-state index in [1.165, 1.54) is 11.8 Å². The number of hydrogen-bond acceptors (Lipinski definition) is 5. The number of benzene rings is 2. The third-order valence-electron chi connectivity index (χ3n) is 3.80. The fourth-order valence-corrected chi connectivity index (χ4v) is 3.67. The van der Waals surface area contributed by atoms with Gasteiger partial charge in [0.1, 0.15) is 16.9 Å². The molecule has 0 fully saturated rings. The number of aromatic carboxylic acids is 2. The van der Waals surface area contributed by atoms with Crippen LogP contribution in [-0.4, -0.2) is 27.1 Å². The molecule has 0 aliphatic rings. The van der Waals surface area contributed by atoms with Gasteiger partial charge >= 0.3 is 11.9 Å². The van der Waals surface area contributed by atoms with Gasteiger partial charge in [0.2, 0.25) is 0 Å². The van der Waals surface area contributed by atoms with E-state index in [0.717, 1.165) is 4.90 Å². The lowest BCUT2D eigenvalue weighted by Crippen LogP contribution is -2.24. The molecule has 2 aromatic carbocycles. The summed E-state index contributed by atoms with van der Waals surface area (Å²) in [5.74, 6) is -3.36. The number of nitrogens with one attached hydrogen (secondary N) is 1. The van der Waals surface area contributed by atoms with E-state index in [2.05, 4.69) is 4.98 Å². The molecule has 0 bridgehead atoms. The van der Waals surface area contributed by atoms with Crippen molar-refractivity contribution < 1.29 is 19.8 Å². The zero-order valence-corrected chi connectivity index (χ0v) is 14.6. The predicted octanol–water partition coefficient (Wildman–Crippen LogP) is 3.17. The molecular formula is C19H14N2O5S. The van der Waals surface area contributed by atoms with Crippen molar-refractivity contribution in [3.05, 3.63) is 76.1 Å². The van der Waals surface area contributed by atoms with Crippen molar-refractivity contribution in [2.24, 2.45) is 0 Å². The molecule has 0 spiro atoms. The summed E-state index contributed by atoms with van der Waals surface area (Å²) < 4.78 is 0. The molecule has 0 saturated heterocycles. The topological polar surface area (TPSA) is 133 Å². The van der Waals surface area contributed by atoms with Gasteiger partial charge in [-0.3, -0.25) is 4.79 Å². The monoisotopic (exact) mass is 382 g/mol. The van der Waals surface area contributed by atoms with Gasteiger partial charge in [-0.05, 0) is 23.8 Å². The molecule has 0 atom stereocenters. The Labute approximate surface area is 157 Å². The summed E-state index contributed by atoms with van der Waals surface area (Å²) in [6.07, 6.45) is 0. The van der Waals surface area contributed by atoms with Crippen LogP contribution in [-0.2, 0) is 0 Å². The Kier molecular flexibility index (Phi) is 5.00. The largest absolute Gasteiger partial charge is 0.478 e. The first-order chi connectivity index (χ1) is 12.9. The summed E-state index contributed by atoms with van der Waals surface area (Å²) in [5, 5.41) is 19.1. The van der Waals surface area contributed by atoms with Gasteiger partial charge < -0.3 is 20.9 Å². The van der Waals surface area contributed by atoms with E-state index in [1.54, 1.807) is 24.3 Å². The lowest BCUT2D eigenvalue weighted by atomic mass is 9.95. The molecule has 0 aliphatic carbocycles. The van der Waals surface area contributed by atoms with Crippen LogP contribution in [0.3, 0.4) is 0 Å². The Hall–Kier alpha value is -3.52. The second-order valence-electron chi connectivity index (χ2n) is 5.51. The molecule has 7 nitrogen and oxygen atoms in total. The van der Waals surface area contributed by atoms with Gasteiger partial charge in [-0.25, -0.2) is 9.59 Å². The van der Waals surface area contributed by atoms with Crippen LogP contribution < -0.4 is 11.3 Å². The zero-order chi connectivity index (χ0) is 19.6. The number of carbonyl (C=O) groups is 2. The molecule has 8 heteroatoms. The first-order valence-corrected chi connectivity index (χ1v) is 8.56. The molecule has 0 unspecified atom stereocenters. The molecule has 3 rings (SSSR count). The molecule has 0 amide bonds. The van der Waals surface area contributed by atoms with Crippen molar-refractivity contribution in [3.8, 4) is 11.1 Å². The van der Waals surface area contributed by atoms with Crippen molar-refractivity contribution in [3.63, 3.8) is 0 Å². The quantitative estimate of drug-likeness (QED) is 0.532. The van der Waals surface area contributed by atoms with Gasteiger partial charge in [-0.2, -0.15) is 0 Å². The Morgan fingerprint density at radius 2 is 1.48 bits per heavy atom. The van der Waals surface area contributed by atoms with Crippen LogP contribution in [0.4, 0.5) is 5.82 Å². The SMILES string of the molecule is Nc1[nH]c(=O)c(C(=O)O)c(-c2ccccc2Sc2ccccc2)c1C(=O)O.